The minimum absolute atomic E-state index is 0.0244. The van der Waals surface area contributed by atoms with E-state index in [0.29, 0.717) is 22.2 Å². The van der Waals surface area contributed by atoms with Crippen LogP contribution in [0.15, 0.2) is 23.1 Å². The molecule has 0 atom stereocenters. The number of hydrogen-bond acceptors (Lipinski definition) is 3. The molecule has 1 fully saturated rings. The largest absolute Gasteiger partial charge is 0.312 e. The minimum atomic E-state index is 0.0244. The van der Waals surface area contributed by atoms with Crippen LogP contribution in [-0.2, 0) is 6.54 Å². The van der Waals surface area contributed by atoms with E-state index in [1.807, 2.05) is 27.5 Å². The zero-order chi connectivity index (χ0) is 13.4. The van der Waals surface area contributed by atoms with Crippen molar-refractivity contribution in [3.63, 3.8) is 0 Å². The quantitative estimate of drug-likeness (QED) is 0.873. The molecule has 5 nitrogen and oxygen atoms in total. The predicted octanol–water partition coefficient (Wildman–Crippen LogP) is 2.51. The van der Waals surface area contributed by atoms with Gasteiger partial charge in [0.25, 0.3) is 5.56 Å². The molecule has 1 saturated carbocycles. The molecular weight excluding hydrogens is 260 g/mol. The molecule has 0 spiro atoms. The highest BCUT2D eigenvalue weighted by Gasteiger charge is 2.25. The van der Waals surface area contributed by atoms with Gasteiger partial charge in [-0.3, -0.25) is 9.89 Å². The Morgan fingerprint density at radius 1 is 1.53 bits per heavy atom. The molecule has 0 radical (unpaired) electrons. The van der Waals surface area contributed by atoms with Gasteiger partial charge < -0.3 is 9.13 Å². The Labute approximate surface area is 115 Å². The number of H-pyrrole nitrogens is 1. The van der Waals surface area contributed by atoms with Crippen molar-refractivity contribution in [3.8, 4) is 11.4 Å². The second-order valence-corrected chi connectivity index (χ2v) is 5.26. The van der Waals surface area contributed by atoms with E-state index < -0.39 is 0 Å². The fourth-order valence-corrected chi connectivity index (χ4v) is 2.50. The van der Waals surface area contributed by atoms with Crippen LogP contribution in [0.5, 0.6) is 0 Å². The summed E-state index contributed by atoms with van der Waals surface area (Å²) in [7, 11) is 0. The molecule has 0 aliphatic heterocycles. The van der Waals surface area contributed by atoms with Gasteiger partial charge in [-0.15, -0.1) is 0 Å². The Hall–Kier alpha value is -1.69. The minimum Gasteiger partial charge on any atom is -0.312 e. The fraction of sp³-hybridized carbons (Fsp3) is 0.462. The van der Waals surface area contributed by atoms with Crippen molar-refractivity contribution >= 4 is 12.2 Å². The normalized spacial score (nSPS) is 14.8. The van der Waals surface area contributed by atoms with Crippen molar-refractivity contribution < 1.29 is 0 Å². The second-order valence-electron chi connectivity index (χ2n) is 4.87. The predicted molar refractivity (Wildman–Crippen MR) is 75.7 cm³/mol. The van der Waals surface area contributed by atoms with Crippen LogP contribution in [0, 0.1) is 4.77 Å². The number of hydrogen-bond donors (Lipinski definition) is 1. The van der Waals surface area contributed by atoms with Gasteiger partial charge in [0.2, 0.25) is 0 Å². The molecule has 100 valence electrons. The summed E-state index contributed by atoms with van der Waals surface area (Å²) in [5, 5.41) is 7.00. The summed E-state index contributed by atoms with van der Waals surface area (Å²) in [5.41, 5.74) is 0.645. The summed E-state index contributed by atoms with van der Waals surface area (Å²) in [6.07, 6.45) is 4.98. The van der Waals surface area contributed by atoms with Gasteiger partial charge in [0.1, 0.15) is 0 Å². The molecule has 6 heteroatoms. The number of nitrogens with zero attached hydrogens (tertiary/aromatic N) is 3. The van der Waals surface area contributed by atoms with Gasteiger partial charge in [-0.05, 0) is 43.6 Å². The Morgan fingerprint density at radius 2 is 2.32 bits per heavy atom. The Morgan fingerprint density at radius 3 is 3.00 bits per heavy atom. The molecule has 2 aromatic heterocycles. The number of aromatic nitrogens is 4. The van der Waals surface area contributed by atoms with Gasteiger partial charge in [0, 0.05) is 18.8 Å². The lowest BCUT2D eigenvalue weighted by atomic mass is 10.2. The van der Waals surface area contributed by atoms with E-state index in [1.54, 1.807) is 0 Å². The summed E-state index contributed by atoms with van der Waals surface area (Å²) in [6.45, 7) is 2.84. The second kappa shape index (κ2) is 4.77. The van der Waals surface area contributed by atoms with E-state index in [2.05, 4.69) is 17.1 Å². The third kappa shape index (κ3) is 2.16. The van der Waals surface area contributed by atoms with Crippen LogP contribution in [0.3, 0.4) is 0 Å². The molecule has 1 N–H and O–H groups in total. The Bertz CT molecular complexity index is 708. The first-order valence-corrected chi connectivity index (χ1v) is 7.00. The number of pyridine rings is 1. The standard InChI is InChI=1S/C13H16N4OS/c1-2-7-17-11(14-15-13(17)19)10-4-3-8-16(12(10)18)9-5-6-9/h3-4,8-9H,2,5-7H2,1H3,(H,15,19). The van der Waals surface area contributed by atoms with E-state index in [4.69, 9.17) is 12.2 Å². The molecule has 2 aromatic rings. The van der Waals surface area contributed by atoms with Crippen molar-refractivity contribution in [1.29, 1.82) is 0 Å². The zero-order valence-electron chi connectivity index (χ0n) is 10.8. The van der Waals surface area contributed by atoms with Crippen LogP contribution in [0.25, 0.3) is 11.4 Å². The van der Waals surface area contributed by atoms with E-state index >= 15 is 0 Å². The molecule has 19 heavy (non-hydrogen) atoms. The van der Waals surface area contributed by atoms with Crippen molar-refractivity contribution in [1.82, 2.24) is 19.3 Å². The van der Waals surface area contributed by atoms with Crippen LogP contribution in [0.2, 0.25) is 0 Å². The lowest BCUT2D eigenvalue weighted by Crippen LogP contribution is -2.21. The van der Waals surface area contributed by atoms with Crippen molar-refractivity contribution in [2.24, 2.45) is 0 Å². The molecular formula is C13H16N4OS. The highest BCUT2D eigenvalue weighted by molar-refractivity contribution is 7.71. The van der Waals surface area contributed by atoms with Crippen LogP contribution in [0.4, 0.5) is 0 Å². The molecule has 0 bridgehead atoms. The molecule has 0 saturated heterocycles. The maximum absolute atomic E-state index is 12.5. The van der Waals surface area contributed by atoms with Crippen LogP contribution in [-0.4, -0.2) is 19.3 Å². The monoisotopic (exact) mass is 276 g/mol. The summed E-state index contributed by atoms with van der Waals surface area (Å²) in [5.74, 6) is 0.645. The Balaban J connectivity index is 2.14. The van der Waals surface area contributed by atoms with E-state index in [-0.39, 0.29) is 5.56 Å². The lowest BCUT2D eigenvalue weighted by Gasteiger charge is -2.07. The average molecular weight is 276 g/mol. The number of rotatable bonds is 4. The molecule has 0 unspecified atom stereocenters. The topological polar surface area (TPSA) is 55.6 Å². The van der Waals surface area contributed by atoms with Crippen LogP contribution in [0.1, 0.15) is 32.2 Å². The smallest absolute Gasteiger partial charge is 0.261 e. The van der Waals surface area contributed by atoms with Crippen molar-refractivity contribution in [2.75, 3.05) is 0 Å². The van der Waals surface area contributed by atoms with Gasteiger partial charge >= 0.3 is 0 Å². The summed E-state index contributed by atoms with van der Waals surface area (Å²) in [6, 6.07) is 4.09. The third-order valence-electron chi connectivity index (χ3n) is 3.36. The van der Waals surface area contributed by atoms with Crippen LogP contribution < -0.4 is 5.56 Å². The van der Waals surface area contributed by atoms with Gasteiger partial charge in [-0.25, -0.2) is 0 Å². The van der Waals surface area contributed by atoms with E-state index in [0.717, 1.165) is 25.8 Å². The van der Waals surface area contributed by atoms with Gasteiger partial charge in [-0.2, -0.15) is 5.10 Å². The summed E-state index contributed by atoms with van der Waals surface area (Å²) in [4.78, 5) is 12.5. The molecule has 3 rings (SSSR count). The first kappa shape index (κ1) is 12.3. The molecule has 1 aliphatic carbocycles. The Kier molecular flexibility index (Phi) is 3.10. The van der Waals surface area contributed by atoms with Gasteiger partial charge in [0.05, 0.1) is 5.56 Å². The maximum Gasteiger partial charge on any atom is 0.261 e. The zero-order valence-corrected chi connectivity index (χ0v) is 11.6. The average Bonchev–Trinajstić information content (AvgIpc) is 3.18. The summed E-state index contributed by atoms with van der Waals surface area (Å²) < 4.78 is 4.27. The van der Waals surface area contributed by atoms with Crippen molar-refractivity contribution in [3.05, 3.63) is 33.5 Å². The SMILES string of the molecule is CCCn1c(-c2cccn(C3CC3)c2=O)n[nH]c1=S. The van der Waals surface area contributed by atoms with E-state index in [9.17, 15) is 4.79 Å². The fourth-order valence-electron chi connectivity index (χ4n) is 2.27. The maximum atomic E-state index is 12.5. The third-order valence-corrected chi connectivity index (χ3v) is 3.67. The first-order chi connectivity index (χ1) is 9.22. The van der Waals surface area contributed by atoms with Gasteiger partial charge in [0.15, 0.2) is 10.6 Å². The number of nitrogens with one attached hydrogen (secondary N) is 1. The van der Waals surface area contributed by atoms with Crippen LogP contribution >= 0.6 is 12.2 Å². The first-order valence-electron chi connectivity index (χ1n) is 6.59. The molecule has 0 amide bonds. The highest BCUT2D eigenvalue weighted by atomic mass is 32.1. The van der Waals surface area contributed by atoms with Gasteiger partial charge in [-0.1, -0.05) is 6.92 Å². The lowest BCUT2D eigenvalue weighted by molar-refractivity contribution is 0.669. The molecule has 2 heterocycles. The highest BCUT2D eigenvalue weighted by Crippen LogP contribution is 2.33. The molecule has 1 aliphatic rings. The van der Waals surface area contributed by atoms with E-state index in [1.165, 1.54) is 0 Å². The molecule has 0 aromatic carbocycles. The van der Waals surface area contributed by atoms with Crippen molar-refractivity contribution in [2.45, 2.75) is 38.8 Å². The summed E-state index contributed by atoms with van der Waals surface area (Å²) >= 11 is 5.21. The number of aromatic amines is 1.